The minimum absolute atomic E-state index is 0.0541. The molecule has 1 aromatic carbocycles. The molecule has 0 amide bonds. The number of aliphatic hydroxyl groups is 1. The fourth-order valence-corrected chi connectivity index (χ4v) is 5.16. The molecule has 6 atom stereocenters. The molecule has 177 valence electrons. The Morgan fingerprint density at radius 3 is 2.53 bits per heavy atom. The third-order valence-electron chi connectivity index (χ3n) is 7.13. The minimum Gasteiger partial charge on any atom is -0.458 e. The third kappa shape index (κ3) is 5.37. The van der Waals surface area contributed by atoms with Crippen molar-refractivity contribution in [2.45, 2.75) is 65.0 Å². The zero-order valence-electron chi connectivity index (χ0n) is 19.1. The van der Waals surface area contributed by atoms with Gasteiger partial charge < -0.3 is 15.2 Å². The molecule has 0 bridgehead atoms. The zero-order chi connectivity index (χ0) is 23.7. The van der Waals surface area contributed by atoms with Crippen molar-refractivity contribution in [3.05, 3.63) is 53.5 Å². The number of nitrogens with one attached hydrogen (secondary N) is 1. The molecule has 0 spiro atoms. The van der Waals surface area contributed by atoms with E-state index in [2.05, 4.69) is 18.3 Å². The number of alkyl halides is 3. The van der Waals surface area contributed by atoms with E-state index in [4.69, 9.17) is 4.74 Å². The van der Waals surface area contributed by atoms with Gasteiger partial charge in [0.15, 0.2) is 0 Å². The molecule has 0 aliphatic heterocycles. The Kier molecular flexibility index (Phi) is 7.40. The Bertz CT molecular complexity index is 836. The SMILES string of the molecule is CC(=O)O[C@@H]1[CH][C@@]2(O)[C@H](C)CC[C@@H](C(C)CNCc3ccc(C(F)(F)F)cc3)[C@H]2C=C1C. The zero-order valence-corrected chi connectivity index (χ0v) is 19.1. The van der Waals surface area contributed by atoms with Crippen LogP contribution in [0.5, 0.6) is 0 Å². The van der Waals surface area contributed by atoms with Gasteiger partial charge in [-0.05, 0) is 67.3 Å². The molecule has 0 heterocycles. The van der Waals surface area contributed by atoms with Crippen molar-refractivity contribution in [3.63, 3.8) is 0 Å². The second-order valence-electron chi connectivity index (χ2n) is 9.47. The number of hydrogen-bond acceptors (Lipinski definition) is 4. The van der Waals surface area contributed by atoms with E-state index in [1.165, 1.54) is 19.1 Å². The van der Waals surface area contributed by atoms with Gasteiger partial charge in [0.2, 0.25) is 0 Å². The molecular weight excluding hydrogens is 419 g/mol. The molecule has 4 nitrogen and oxygen atoms in total. The van der Waals surface area contributed by atoms with Crippen LogP contribution in [0.15, 0.2) is 35.9 Å². The van der Waals surface area contributed by atoms with Crippen LogP contribution < -0.4 is 5.32 Å². The maximum Gasteiger partial charge on any atom is 0.416 e. The van der Waals surface area contributed by atoms with Gasteiger partial charge in [0.1, 0.15) is 6.10 Å². The maximum absolute atomic E-state index is 12.7. The lowest BCUT2D eigenvalue weighted by molar-refractivity contribution is -0.148. The van der Waals surface area contributed by atoms with E-state index in [0.717, 1.165) is 36.1 Å². The largest absolute Gasteiger partial charge is 0.458 e. The minimum atomic E-state index is -4.33. The first-order valence-corrected chi connectivity index (χ1v) is 11.2. The Morgan fingerprint density at radius 2 is 1.94 bits per heavy atom. The summed E-state index contributed by atoms with van der Waals surface area (Å²) in [4.78, 5) is 11.5. The Morgan fingerprint density at radius 1 is 1.28 bits per heavy atom. The molecule has 2 aliphatic carbocycles. The van der Waals surface area contributed by atoms with Crippen LogP contribution in [-0.4, -0.2) is 29.3 Å². The van der Waals surface area contributed by atoms with Gasteiger partial charge in [-0.1, -0.05) is 32.1 Å². The van der Waals surface area contributed by atoms with Gasteiger partial charge in [-0.2, -0.15) is 13.2 Å². The van der Waals surface area contributed by atoms with Crippen LogP contribution in [-0.2, 0) is 22.3 Å². The molecule has 0 aromatic heterocycles. The number of esters is 1. The van der Waals surface area contributed by atoms with Crippen molar-refractivity contribution in [1.82, 2.24) is 5.32 Å². The van der Waals surface area contributed by atoms with Gasteiger partial charge in [0.25, 0.3) is 0 Å². The van der Waals surface area contributed by atoms with E-state index in [1.807, 2.05) is 13.8 Å². The Labute approximate surface area is 188 Å². The van der Waals surface area contributed by atoms with E-state index in [9.17, 15) is 23.1 Å². The van der Waals surface area contributed by atoms with Crippen LogP contribution in [0.3, 0.4) is 0 Å². The summed E-state index contributed by atoms with van der Waals surface area (Å²) in [5.41, 5.74) is 0.0429. The van der Waals surface area contributed by atoms with Gasteiger partial charge in [-0.3, -0.25) is 4.79 Å². The van der Waals surface area contributed by atoms with Crippen LogP contribution in [0.2, 0.25) is 0 Å². The summed E-state index contributed by atoms with van der Waals surface area (Å²) in [7, 11) is 0. The van der Waals surface area contributed by atoms with Gasteiger partial charge in [0, 0.05) is 25.8 Å². The first-order chi connectivity index (χ1) is 14.9. The van der Waals surface area contributed by atoms with Crippen molar-refractivity contribution >= 4 is 5.97 Å². The van der Waals surface area contributed by atoms with Crippen molar-refractivity contribution in [2.75, 3.05) is 6.54 Å². The van der Waals surface area contributed by atoms with Crippen LogP contribution in [0.25, 0.3) is 0 Å². The molecule has 2 aliphatic rings. The summed E-state index contributed by atoms with van der Waals surface area (Å²) in [5.74, 6) is 0.0956. The van der Waals surface area contributed by atoms with Gasteiger partial charge >= 0.3 is 12.1 Å². The second-order valence-corrected chi connectivity index (χ2v) is 9.47. The number of carbonyl (C=O) groups excluding carboxylic acids is 1. The van der Waals surface area contributed by atoms with Gasteiger partial charge in [-0.15, -0.1) is 0 Å². The highest BCUT2D eigenvalue weighted by molar-refractivity contribution is 5.66. The lowest BCUT2D eigenvalue weighted by atomic mass is 9.57. The van der Waals surface area contributed by atoms with Crippen LogP contribution >= 0.6 is 0 Å². The topological polar surface area (TPSA) is 58.6 Å². The number of fused-ring (bicyclic) bond motifs is 1. The normalized spacial score (nSPS) is 31.4. The van der Waals surface area contributed by atoms with Crippen LogP contribution in [0.4, 0.5) is 13.2 Å². The molecule has 0 saturated heterocycles. The van der Waals surface area contributed by atoms with E-state index in [0.29, 0.717) is 13.1 Å². The highest BCUT2D eigenvalue weighted by atomic mass is 19.4. The summed E-state index contributed by atoms with van der Waals surface area (Å²) in [6.45, 7) is 8.64. The molecule has 1 unspecified atom stereocenters. The summed E-state index contributed by atoms with van der Waals surface area (Å²) >= 11 is 0. The lowest BCUT2D eigenvalue weighted by Crippen LogP contribution is -2.56. The Balaban J connectivity index is 1.64. The number of hydrogen-bond donors (Lipinski definition) is 2. The number of carbonyl (C=O) groups is 1. The predicted octanol–water partition coefficient (Wildman–Crippen LogP) is 4.92. The number of rotatable bonds is 6. The van der Waals surface area contributed by atoms with Crippen molar-refractivity contribution in [3.8, 4) is 0 Å². The van der Waals surface area contributed by atoms with Crippen molar-refractivity contribution < 1.29 is 27.8 Å². The van der Waals surface area contributed by atoms with E-state index in [-0.39, 0.29) is 29.6 Å². The monoisotopic (exact) mass is 452 g/mol. The van der Waals surface area contributed by atoms with E-state index >= 15 is 0 Å². The van der Waals surface area contributed by atoms with Crippen LogP contribution in [0.1, 0.15) is 51.7 Å². The molecule has 1 fully saturated rings. The fourth-order valence-electron chi connectivity index (χ4n) is 5.16. The standard InChI is InChI=1S/C25H33F3NO3/c1-15-11-22-21(10-5-17(3)24(22,31)12-23(15)32-18(4)30)16(2)13-29-14-19-6-8-20(9-7-19)25(26,27)28/h6-9,11-12,16-17,21-23,29,31H,5,10,13-14H2,1-4H3/t16?,17-,21+,22-,23-,24-/m1/s1. The number of ether oxygens (including phenoxy) is 1. The molecule has 32 heavy (non-hydrogen) atoms. The fraction of sp³-hybridized carbons (Fsp3) is 0.600. The number of benzene rings is 1. The van der Waals surface area contributed by atoms with Crippen LogP contribution in [0, 0.1) is 30.1 Å². The van der Waals surface area contributed by atoms with E-state index < -0.39 is 23.4 Å². The first kappa shape index (κ1) is 24.8. The molecule has 7 heteroatoms. The average Bonchev–Trinajstić information content (AvgIpc) is 2.70. The first-order valence-electron chi connectivity index (χ1n) is 11.2. The lowest BCUT2D eigenvalue weighted by Gasteiger charge is -2.52. The van der Waals surface area contributed by atoms with E-state index in [1.54, 1.807) is 6.42 Å². The Hall–Kier alpha value is -1.86. The summed E-state index contributed by atoms with van der Waals surface area (Å²) in [6.07, 6.45) is 0.882. The van der Waals surface area contributed by atoms with Gasteiger partial charge in [-0.25, -0.2) is 0 Å². The third-order valence-corrected chi connectivity index (χ3v) is 7.13. The summed E-state index contributed by atoms with van der Waals surface area (Å²) < 4.78 is 43.6. The molecule has 1 radical (unpaired) electrons. The predicted molar refractivity (Wildman–Crippen MR) is 116 cm³/mol. The van der Waals surface area contributed by atoms with Gasteiger partial charge in [0.05, 0.1) is 11.2 Å². The second kappa shape index (κ2) is 9.56. The molecule has 1 aromatic rings. The summed E-state index contributed by atoms with van der Waals surface area (Å²) in [5, 5.41) is 14.9. The summed E-state index contributed by atoms with van der Waals surface area (Å²) in [6, 6.07) is 5.21. The molecule has 2 N–H and O–H groups in total. The quantitative estimate of drug-likeness (QED) is 0.475. The van der Waals surface area contributed by atoms with Crippen molar-refractivity contribution in [2.24, 2.45) is 23.7 Å². The average molecular weight is 453 g/mol. The number of halogens is 3. The molecule has 3 rings (SSSR count). The highest BCUT2D eigenvalue weighted by Gasteiger charge is 2.52. The molecule has 1 saturated carbocycles. The maximum atomic E-state index is 12.7. The smallest absolute Gasteiger partial charge is 0.416 e. The molecular formula is C25H33F3NO3. The van der Waals surface area contributed by atoms with Crippen molar-refractivity contribution in [1.29, 1.82) is 0 Å². The highest BCUT2D eigenvalue weighted by Crippen LogP contribution is 2.50.